The number of carboxylic acids is 1. The second kappa shape index (κ2) is 7.64. The maximum Gasteiger partial charge on any atom is 0.371 e. The molecule has 21 heavy (non-hydrogen) atoms. The summed E-state index contributed by atoms with van der Waals surface area (Å²) in [7, 11) is -3.38. The molecular formula is C11H17N3O6S. The van der Waals surface area contributed by atoms with Crippen LogP contribution in [0.5, 0.6) is 0 Å². The minimum atomic E-state index is -3.38. The van der Waals surface area contributed by atoms with Crippen LogP contribution in [0.4, 0.5) is 4.79 Å². The van der Waals surface area contributed by atoms with E-state index in [1.807, 2.05) is 0 Å². The highest BCUT2D eigenvalue weighted by Crippen LogP contribution is 2.07. The summed E-state index contributed by atoms with van der Waals surface area (Å²) in [6, 6.07) is 2.13. The molecule has 1 rings (SSSR count). The first-order valence-corrected chi connectivity index (χ1v) is 7.80. The molecule has 0 aliphatic heterocycles. The van der Waals surface area contributed by atoms with Gasteiger partial charge in [-0.1, -0.05) is 6.92 Å². The lowest BCUT2D eigenvalue weighted by molar-refractivity contribution is 0.0660. The summed E-state index contributed by atoms with van der Waals surface area (Å²) >= 11 is 0. The molecule has 0 fully saturated rings. The van der Waals surface area contributed by atoms with Crippen LogP contribution in [0.3, 0.4) is 0 Å². The third-order valence-corrected chi connectivity index (χ3v) is 3.79. The number of urea groups is 1. The predicted octanol–water partition coefficient (Wildman–Crippen LogP) is -0.284. The monoisotopic (exact) mass is 319 g/mol. The van der Waals surface area contributed by atoms with E-state index < -0.39 is 22.0 Å². The lowest BCUT2D eigenvalue weighted by atomic mass is 10.4. The van der Waals surface area contributed by atoms with Gasteiger partial charge >= 0.3 is 12.0 Å². The summed E-state index contributed by atoms with van der Waals surface area (Å²) in [5.74, 6) is -1.36. The van der Waals surface area contributed by atoms with E-state index in [9.17, 15) is 18.0 Å². The Hall–Kier alpha value is -2.07. The molecule has 0 spiro atoms. The Kier molecular flexibility index (Phi) is 6.18. The molecule has 1 aromatic rings. The maximum absolute atomic E-state index is 11.4. The summed E-state index contributed by atoms with van der Waals surface area (Å²) in [6.07, 6.45) is 0. The standard InChI is InChI=1S/C11H17N3O6S/c1-2-14-21(18,19)6-5-12-11(17)13-7-8-3-4-9(20-8)10(15)16/h3-4,14H,2,5-7H2,1H3,(H,15,16)(H2,12,13,17). The van der Waals surface area contributed by atoms with Gasteiger partial charge in [-0.05, 0) is 12.1 Å². The maximum atomic E-state index is 11.4. The van der Waals surface area contributed by atoms with E-state index in [0.29, 0.717) is 6.54 Å². The van der Waals surface area contributed by atoms with Gasteiger partial charge in [-0.25, -0.2) is 22.7 Å². The molecule has 0 atom stereocenters. The van der Waals surface area contributed by atoms with Crippen LogP contribution in [0.2, 0.25) is 0 Å². The van der Waals surface area contributed by atoms with Gasteiger partial charge in [-0.2, -0.15) is 0 Å². The van der Waals surface area contributed by atoms with Crippen LogP contribution in [-0.2, 0) is 16.6 Å². The number of nitrogens with one attached hydrogen (secondary N) is 3. The Morgan fingerprint density at radius 1 is 1.29 bits per heavy atom. The van der Waals surface area contributed by atoms with Gasteiger partial charge in [0.25, 0.3) is 0 Å². The second-order valence-electron chi connectivity index (χ2n) is 4.00. The summed E-state index contributed by atoms with van der Waals surface area (Å²) in [6.45, 7) is 1.91. The third kappa shape index (κ3) is 6.27. The molecule has 0 aliphatic rings. The molecule has 10 heteroatoms. The molecule has 4 N–H and O–H groups in total. The van der Waals surface area contributed by atoms with Crippen LogP contribution in [0, 0.1) is 0 Å². The molecule has 9 nitrogen and oxygen atoms in total. The average molecular weight is 319 g/mol. The number of hydrogen-bond acceptors (Lipinski definition) is 5. The zero-order valence-electron chi connectivity index (χ0n) is 11.4. The highest BCUT2D eigenvalue weighted by Gasteiger charge is 2.11. The van der Waals surface area contributed by atoms with Crippen molar-refractivity contribution in [1.29, 1.82) is 0 Å². The quantitative estimate of drug-likeness (QED) is 0.520. The van der Waals surface area contributed by atoms with Gasteiger partial charge in [0.15, 0.2) is 0 Å². The lowest BCUT2D eigenvalue weighted by Gasteiger charge is -2.07. The Labute approximate surface area is 121 Å². The number of furan rings is 1. The Morgan fingerprint density at radius 3 is 2.57 bits per heavy atom. The summed E-state index contributed by atoms with van der Waals surface area (Å²) in [5.41, 5.74) is 0. The van der Waals surface area contributed by atoms with E-state index in [1.165, 1.54) is 12.1 Å². The predicted molar refractivity (Wildman–Crippen MR) is 73.4 cm³/mol. The number of rotatable bonds is 8. The van der Waals surface area contributed by atoms with Crippen LogP contribution < -0.4 is 15.4 Å². The highest BCUT2D eigenvalue weighted by atomic mass is 32.2. The normalized spacial score (nSPS) is 11.1. The number of amides is 2. The van der Waals surface area contributed by atoms with E-state index in [-0.39, 0.29) is 30.4 Å². The number of hydrogen-bond donors (Lipinski definition) is 4. The fourth-order valence-electron chi connectivity index (χ4n) is 1.41. The van der Waals surface area contributed by atoms with Crippen molar-refractivity contribution in [3.05, 3.63) is 23.7 Å². The number of sulfonamides is 1. The van der Waals surface area contributed by atoms with E-state index in [1.54, 1.807) is 6.92 Å². The Balaban J connectivity index is 2.29. The molecule has 1 aromatic heterocycles. The first-order valence-electron chi connectivity index (χ1n) is 6.15. The summed E-state index contributed by atoms with van der Waals surface area (Å²) in [4.78, 5) is 22.0. The minimum absolute atomic E-state index is 0.000919. The molecule has 0 unspecified atom stereocenters. The van der Waals surface area contributed by atoms with Crippen LogP contribution in [-0.4, -0.2) is 44.4 Å². The lowest BCUT2D eigenvalue weighted by Crippen LogP contribution is -2.39. The molecule has 0 saturated carbocycles. The molecule has 2 amide bonds. The fourth-order valence-corrected chi connectivity index (χ4v) is 2.36. The van der Waals surface area contributed by atoms with Crippen LogP contribution in [0.15, 0.2) is 16.5 Å². The van der Waals surface area contributed by atoms with E-state index in [0.717, 1.165) is 0 Å². The first-order chi connectivity index (χ1) is 9.84. The van der Waals surface area contributed by atoms with Gasteiger partial charge in [0.1, 0.15) is 5.76 Å². The van der Waals surface area contributed by atoms with Crippen LogP contribution in [0.25, 0.3) is 0 Å². The molecule has 0 radical (unpaired) electrons. The van der Waals surface area contributed by atoms with Crippen molar-refractivity contribution in [2.45, 2.75) is 13.5 Å². The Morgan fingerprint density at radius 2 is 2.00 bits per heavy atom. The van der Waals surface area contributed by atoms with Crippen LogP contribution in [0.1, 0.15) is 23.2 Å². The van der Waals surface area contributed by atoms with Crippen molar-refractivity contribution in [1.82, 2.24) is 15.4 Å². The molecular weight excluding hydrogens is 302 g/mol. The van der Waals surface area contributed by atoms with Gasteiger partial charge in [0.2, 0.25) is 15.8 Å². The molecule has 0 aliphatic carbocycles. The molecule has 0 bridgehead atoms. The van der Waals surface area contributed by atoms with Gasteiger partial charge in [0, 0.05) is 13.1 Å². The first kappa shape index (κ1) is 17.0. The molecule has 118 valence electrons. The summed E-state index contributed by atoms with van der Waals surface area (Å²) < 4.78 is 29.8. The molecule has 1 heterocycles. The number of carbonyl (C=O) groups excluding carboxylic acids is 1. The zero-order chi connectivity index (χ0) is 15.9. The van der Waals surface area contributed by atoms with Crippen molar-refractivity contribution < 1.29 is 27.5 Å². The van der Waals surface area contributed by atoms with Crippen molar-refractivity contribution in [3.8, 4) is 0 Å². The fraction of sp³-hybridized carbons (Fsp3) is 0.455. The van der Waals surface area contributed by atoms with Gasteiger partial charge in [-0.15, -0.1) is 0 Å². The van der Waals surface area contributed by atoms with Crippen molar-refractivity contribution in [3.63, 3.8) is 0 Å². The van der Waals surface area contributed by atoms with Gasteiger partial charge < -0.3 is 20.2 Å². The minimum Gasteiger partial charge on any atom is -0.475 e. The van der Waals surface area contributed by atoms with Gasteiger partial charge in [0.05, 0.1) is 12.3 Å². The van der Waals surface area contributed by atoms with Crippen molar-refractivity contribution >= 4 is 22.0 Å². The average Bonchev–Trinajstić information content (AvgIpc) is 2.85. The van der Waals surface area contributed by atoms with Crippen molar-refractivity contribution in [2.75, 3.05) is 18.8 Å². The Bertz CT molecular complexity index is 595. The van der Waals surface area contributed by atoms with Crippen LogP contribution >= 0.6 is 0 Å². The zero-order valence-corrected chi connectivity index (χ0v) is 12.2. The molecule has 0 aromatic carbocycles. The number of carboxylic acid groups (broad SMARTS) is 1. The number of carbonyl (C=O) groups is 2. The van der Waals surface area contributed by atoms with Gasteiger partial charge in [-0.3, -0.25) is 0 Å². The SMILES string of the molecule is CCNS(=O)(=O)CCNC(=O)NCc1ccc(C(=O)O)o1. The van der Waals surface area contributed by atoms with Crippen molar-refractivity contribution in [2.24, 2.45) is 0 Å². The topological polar surface area (TPSA) is 138 Å². The number of aromatic carboxylic acids is 1. The highest BCUT2D eigenvalue weighted by molar-refractivity contribution is 7.89. The third-order valence-electron chi connectivity index (χ3n) is 2.32. The van der Waals surface area contributed by atoms with E-state index in [2.05, 4.69) is 15.4 Å². The smallest absolute Gasteiger partial charge is 0.371 e. The second-order valence-corrected chi connectivity index (χ2v) is 5.92. The van der Waals surface area contributed by atoms with E-state index in [4.69, 9.17) is 9.52 Å². The largest absolute Gasteiger partial charge is 0.475 e. The molecule has 0 saturated heterocycles. The summed E-state index contributed by atoms with van der Waals surface area (Å²) in [5, 5.41) is 13.4. The van der Waals surface area contributed by atoms with E-state index >= 15 is 0 Å².